The fourth-order valence-electron chi connectivity index (χ4n) is 4.63. The van der Waals surface area contributed by atoms with Crippen molar-refractivity contribution in [2.45, 2.75) is 143 Å². The number of carbonyl (C=O) groups is 2. The number of hydrogen-bond donors (Lipinski definition) is 0. The van der Waals surface area contributed by atoms with E-state index in [1.165, 1.54) is 89.9 Å². The molecule has 0 aliphatic carbocycles. The number of rotatable bonds is 22. The Hall–Kier alpha value is -1.84. The van der Waals surface area contributed by atoms with Gasteiger partial charge < -0.3 is 9.47 Å². The van der Waals surface area contributed by atoms with E-state index in [1.807, 2.05) is 6.92 Å². The third-order valence-corrected chi connectivity index (χ3v) is 6.68. The van der Waals surface area contributed by atoms with Gasteiger partial charge in [0.1, 0.15) is 0 Å². The van der Waals surface area contributed by atoms with Crippen molar-refractivity contribution < 1.29 is 19.1 Å². The third-order valence-electron chi connectivity index (χ3n) is 6.68. The van der Waals surface area contributed by atoms with Crippen LogP contribution in [0.15, 0.2) is 24.3 Å². The van der Waals surface area contributed by atoms with Crippen molar-refractivity contribution in [2.75, 3.05) is 6.61 Å². The first kappa shape index (κ1) is 32.2. The van der Waals surface area contributed by atoms with E-state index >= 15 is 0 Å². The van der Waals surface area contributed by atoms with Crippen LogP contribution in [0.1, 0.15) is 158 Å². The number of unbranched alkanes of at least 4 members (excludes halogenated alkanes) is 15. The quantitative estimate of drug-likeness (QED) is 0.117. The molecule has 1 rings (SSSR count). The highest BCUT2D eigenvalue weighted by molar-refractivity contribution is 5.95. The monoisotopic (exact) mass is 502 g/mol. The summed E-state index contributed by atoms with van der Waals surface area (Å²) in [7, 11) is 0. The number of ether oxygens (including phenoxy) is 2. The van der Waals surface area contributed by atoms with Gasteiger partial charge in [0.05, 0.1) is 23.8 Å². The molecule has 1 atom stereocenters. The van der Waals surface area contributed by atoms with Crippen LogP contribution in [-0.4, -0.2) is 24.6 Å². The molecule has 0 heterocycles. The summed E-state index contributed by atoms with van der Waals surface area (Å²) in [5.74, 6) is -0.310. The zero-order chi connectivity index (χ0) is 26.4. The molecule has 0 aliphatic rings. The fraction of sp³-hybridized carbons (Fsp3) is 0.750. The zero-order valence-electron chi connectivity index (χ0n) is 23.8. The van der Waals surface area contributed by atoms with Crippen LogP contribution < -0.4 is 0 Å². The molecule has 0 saturated heterocycles. The molecule has 0 fully saturated rings. The average molecular weight is 503 g/mol. The van der Waals surface area contributed by atoms with Crippen molar-refractivity contribution in [1.82, 2.24) is 0 Å². The van der Waals surface area contributed by atoms with E-state index in [-0.39, 0.29) is 12.1 Å². The largest absolute Gasteiger partial charge is 0.462 e. The van der Waals surface area contributed by atoms with Gasteiger partial charge in [0.15, 0.2) is 0 Å². The summed E-state index contributed by atoms with van der Waals surface area (Å²) in [5.41, 5.74) is 0.792. The molecule has 0 amide bonds. The van der Waals surface area contributed by atoms with Crippen LogP contribution in [0.2, 0.25) is 0 Å². The molecule has 1 aromatic rings. The molecule has 0 N–H and O–H groups in total. The summed E-state index contributed by atoms with van der Waals surface area (Å²) in [6.07, 6.45) is 21.8. The SMILES string of the molecule is CCCCCCCCCCCCCCCCCCOC(=O)c1cccc(C(=O)OC(C)CC(C)C)c1. The van der Waals surface area contributed by atoms with Crippen LogP contribution in [0.25, 0.3) is 0 Å². The first-order chi connectivity index (χ1) is 17.4. The zero-order valence-corrected chi connectivity index (χ0v) is 23.8. The van der Waals surface area contributed by atoms with Crippen LogP contribution in [0.3, 0.4) is 0 Å². The van der Waals surface area contributed by atoms with Crippen molar-refractivity contribution >= 4 is 11.9 Å². The second-order valence-electron chi connectivity index (χ2n) is 10.9. The number of carbonyl (C=O) groups excluding carboxylic acids is 2. The first-order valence-electron chi connectivity index (χ1n) is 14.9. The van der Waals surface area contributed by atoms with Crippen LogP contribution in [0.4, 0.5) is 0 Å². The molecular formula is C32H54O4. The van der Waals surface area contributed by atoms with Crippen molar-refractivity contribution in [3.8, 4) is 0 Å². The lowest BCUT2D eigenvalue weighted by Crippen LogP contribution is -2.17. The van der Waals surface area contributed by atoms with Crippen LogP contribution in [-0.2, 0) is 9.47 Å². The van der Waals surface area contributed by atoms with Crippen LogP contribution in [0, 0.1) is 5.92 Å². The highest BCUT2D eigenvalue weighted by Gasteiger charge is 2.15. The third kappa shape index (κ3) is 16.8. The Morgan fingerprint density at radius 1 is 0.667 bits per heavy atom. The van der Waals surface area contributed by atoms with Gasteiger partial charge >= 0.3 is 11.9 Å². The molecule has 1 unspecified atom stereocenters. The minimum atomic E-state index is -0.393. The Labute approximate surface area is 221 Å². The van der Waals surface area contributed by atoms with Crippen molar-refractivity contribution in [1.29, 1.82) is 0 Å². The Kier molecular flexibility index (Phi) is 19.0. The van der Waals surface area contributed by atoms with Gasteiger partial charge in [0.25, 0.3) is 0 Å². The van der Waals surface area contributed by atoms with Crippen molar-refractivity contribution in [3.63, 3.8) is 0 Å². The highest BCUT2D eigenvalue weighted by Crippen LogP contribution is 2.15. The summed E-state index contributed by atoms with van der Waals surface area (Å²) in [5, 5.41) is 0. The second kappa shape index (κ2) is 21.3. The Bertz CT molecular complexity index is 697. The molecule has 0 spiro atoms. The lowest BCUT2D eigenvalue weighted by Gasteiger charge is -2.15. The summed E-state index contributed by atoms with van der Waals surface area (Å²) in [4.78, 5) is 24.7. The van der Waals surface area contributed by atoms with E-state index in [0.29, 0.717) is 23.7 Å². The molecule has 0 saturated carbocycles. The molecule has 4 nitrogen and oxygen atoms in total. The second-order valence-corrected chi connectivity index (χ2v) is 10.9. The van der Waals surface area contributed by atoms with E-state index in [2.05, 4.69) is 20.8 Å². The van der Waals surface area contributed by atoms with Gasteiger partial charge in [0.2, 0.25) is 0 Å². The summed E-state index contributed by atoms with van der Waals surface area (Å²) < 4.78 is 10.9. The van der Waals surface area contributed by atoms with Gasteiger partial charge in [-0.2, -0.15) is 0 Å². The first-order valence-corrected chi connectivity index (χ1v) is 14.9. The van der Waals surface area contributed by atoms with Crippen molar-refractivity contribution in [2.24, 2.45) is 5.92 Å². The van der Waals surface area contributed by atoms with E-state index in [0.717, 1.165) is 19.3 Å². The number of benzene rings is 1. The molecule has 0 aliphatic heterocycles. The molecule has 0 radical (unpaired) electrons. The molecule has 206 valence electrons. The number of hydrogen-bond acceptors (Lipinski definition) is 4. The minimum absolute atomic E-state index is 0.150. The molecule has 0 bridgehead atoms. The Morgan fingerprint density at radius 3 is 1.58 bits per heavy atom. The van der Waals surface area contributed by atoms with Gasteiger partial charge in [-0.3, -0.25) is 0 Å². The number of esters is 2. The topological polar surface area (TPSA) is 52.6 Å². The lowest BCUT2D eigenvalue weighted by atomic mass is 10.0. The normalized spacial score (nSPS) is 12.0. The van der Waals surface area contributed by atoms with E-state index < -0.39 is 5.97 Å². The lowest BCUT2D eigenvalue weighted by molar-refractivity contribution is 0.0299. The van der Waals surface area contributed by atoms with Gasteiger partial charge in [-0.15, -0.1) is 0 Å². The average Bonchev–Trinajstić information content (AvgIpc) is 2.85. The van der Waals surface area contributed by atoms with Crippen molar-refractivity contribution in [3.05, 3.63) is 35.4 Å². The van der Waals surface area contributed by atoms with Gasteiger partial charge in [-0.05, 0) is 43.9 Å². The van der Waals surface area contributed by atoms with Crippen LogP contribution in [0.5, 0.6) is 0 Å². The minimum Gasteiger partial charge on any atom is -0.462 e. The van der Waals surface area contributed by atoms with E-state index in [1.54, 1.807) is 24.3 Å². The standard InChI is InChI=1S/C32H54O4/c1-5-6-7-8-9-10-11-12-13-14-15-16-17-18-19-20-24-35-31(33)29-22-21-23-30(26-29)32(34)36-28(4)25-27(2)3/h21-23,26-28H,5-20,24-25H2,1-4H3. The summed E-state index contributed by atoms with van der Waals surface area (Å²) in [6.45, 7) is 8.79. The smallest absolute Gasteiger partial charge is 0.338 e. The summed E-state index contributed by atoms with van der Waals surface area (Å²) in [6, 6.07) is 6.64. The fourth-order valence-corrected chi connectivity index (χ4v) is 4.63. The predicted octanol–water partition coefficient (Wildman–Crippen LogP) is 9.70. The predicted molar refractivity (Wildman–Crippen MR) is 151 cm³/mol. The van der Waals surface area contributed by atoms with Crippen LogP contribution >= 0.6 is 0 Å². The Morgan fingerprint density at radius 2 is 1.11 bits per heavy atom. The maximum atomic E-state index is 12.4. The maximum absolute atomic E-state index is 12.4. The maximum Gasteiger partial charge on any atom is 0.338 e. The molecule has 0 aromatic heterocycles. The van der Waals surface area contributed by atoms with Gasteiger partial charge in [0, 0.05) is 0 Å². The molecule has 1 aromatic carbocycles. The molecule has 4 heteroatoms. The molecule has 36 heavy (non-hydrogen) atoms. The van der Waals surface area contributed by atoms with Gasteiger partial charge in [-0.1, -0.05) is 123 Å². The van der Waals surface area contributed by atoms with E-state index in [4.69, 9.17) is 9.47 Å². The summed E-state index contributed by atoms with van der Waals surface area (Å²) >= 11 is 0. The van der Waals surface area contributed by atoms with Gasteiger partial charge in [-0.25, -0.2) is 9.59 Å². The highest BCUT2D eigenvalue weighted by atomic mass is 16.5. The van der Waals surface area contributed by atoms with E-state index in [9.17, 15) is 9.59 Å². The molecular weight excluding hydrogens is 448 g/mol. The Balaban J connectivity index is 2.04.